The van der Waals surface area contributed by atoms with Crippen molar-refractivity contribution in [3.05, 3.63) is 76.3 Å². The smallest absolute Gasteiger partial charge is 0.338 e. The Hall–Kier alpha value is -6.84. The van der Waals surface area contributed by atoms with E-state index in [1.54, 1.807) is 54.5 Å². The number of aryl methyl sites for hydroxylation is 1. The van der Waals surface area contributed by atoms with Crippen LogP contribution in [0.5, 0.6) is 63.2 Å². The number of hydrogen-bond acceptors (Lipinski definition) is 16. The molecule has 0 amide bonds. The zero-order chi connectivity index (χ0) is 44.9. The molecule has 0 bridgehead atoms. The molecule has 4 aromatic carbocycles. The van der Waals surface area contributed by atoms with E-state index in [4.69, 9.17) is 40.5 Å². The van der Waals surface area contributed by atoms with Gasteiger partial charge in [-0.1, -0.05) is 55.4 Å². The quantitative estimate of drug-likeness (QED) is 0.0454. The Morgan fingerprint density at radius 3 is 0.897 bits per heavy atom. The summed E-state index contributed by atoms with van der Waals surface area (Å²) in [6.45, 7) is 16.1. The van der Waals surface area contributed by atoms with Gasteiger partial charge in [0.25, 0.3) is 0 Å². The normalized spacial score (nSPS) is 10.5. The molecular formula is C42H52O16. The van der Waals surface area contributed by atoms with Crippen molar-refractivity contribution in [2.24, 2.45) is 23.7 Å². The molecule has 16 nitrogen and oxygen atoms in total. The Morgan fingerprint density at radius 1 is 0.414 bits per heavy atom. The van der Waals surface area contributed by atoms with Crippen LogP contribution in [0.3, 0.4) is 0 Å². The number of ether oxygens (including phenoxy) is 1. The fourth-order valence-electron chi connectivity index (χ4n) is 4.44. The lowest BCUT2D eigenvalue weighted by Gasteiger charge is -2.08. The van der Waals surface area contributed by atoms with Crippen LogP contribution in [-0.4, -0.2) is 86.1 Å². The van der Waals surface area contributed by atoms with Crippen LogP contribution in [0.15, 0.2) is 48.5 Å². The van der Waals surface area contributed by atoms with Gasteiger partial charge in [-0.25, -0.2) is 4.79 Å². The minimum absolute atomic E-state index is 0.00606. The first-order valence-corrected chi connectivity index (χ1v) is 17.8. The first-order valence-electron chi connectivity index (χ1n) is 17.8. The average molecular weight is 813 g/mol. The van der Waals surface area contributed by atoms with Crippen LogP contribution in [0.25, 0.3) is 0 Å². The Balaban J connectivity index is 0.000000387. The molecule has 0 spiro atoms. The van der Waals surface area contributed by atoms with Gasteiger partial charge in [-0.3, -0.25) is 14.4 Å². The van der Waals surface area contributed by atoms with Gasteiger partial charge in [0.05, 0.1) is 12.2 Å². The maximum atomic E-state index is 11.6. The van der Waals surface area contributed by atoms with Crippen LogP contribution in [0.1, 0.15) is 102 Å². The summed E-state index contributed by atoms with van der Waals surface area (Å²) in [6, 6.07) is 9.50. The van der Waals surface area contributed by atoms with Gasteiger partial charge < -0.3 is 60.9 Å². The van der Waals surface area contributed by atoms with E-state index >= 15 is 0 Å². The van der Waals surface area contributed by atoms with Crippen molar-refractivity contribution in [2.45, 2.75) is 62.3 Å². The fraction of sp³-hybridized carbons (Fsp3) is 0.333. The van der Waals surface area contributed by atoms with E-state index in [2.05, 4.69) is 0 Å². The number of carbonyl (C=O) groups is 4. The average Bonchev–Trinajstić information content (AvgIpc) is 3.14. The molecule has 0 unspecified atom stereocenters. The summed E-state index contributed by atoms with van der Waals surface area (Å²) in [5.41, 5.74) is 1.32. The number of ketones is 3. The molecule has 0 saturated carbocycles. The molecule has 11 N–H and O–H groups in total. The third-order valence-electron chi connectivity index (χ3n) is 7.70. The maximum absolute atomic E-state index is 11.6. The Kier molecular flexibility index (Phi) is 18.2. The molecule has 0 radical (unpaired) electrons. The van der Waals surface area contributed by atoms with E-state index in [0.717, 1.165) is 36.4 Å². The third-order valence-corrected chi connectivity index (χ3v) is 7.70. The second-order valence-corrected chi connectivity index (χ2v) is 14.3. The molecule has 0 aliphatic carbocycles. The summed E-state index contributed by atoms with van der Waals surface area (Å²) in [5, 5.41) is 101. The van der Waals surface area contributed by atoms with E-state index in [9.17, 15) is 39.6 Å². The summed E-state index contributed by atoms with van der Waals surface area (Å²) in [6.07, 6.45) is 0. The lowest BCUT2D eigenvalue weighted by atomic mass is 9.99. The number of hydrogen-bond donors (Lipinski definition) is 11. The molecule has 0 saturated heterocycles. The maximum Gasteiger partial charge on any atom is 0.338 e. The molecule has 58 heavy (non-hydrogen) atoms. The van der Waals surface area contributed by atoms with Crippen molar-refractivity contribution in [1.29, 1.82) is 0 Å². The fourth-order valence-corrected chi connectivity index (χ4v) is 4.44. The molecule has 0 atom stereocenters. The number of Topliss-reactive ketones (excluding diaryl/α,β-unsaturated/α-hetero) is 3. The zero-order valence-electron chi connectivity index (χ0n) is 33.6. The minimum Gasteiger partial charge on any atom is -0.504 e. The van der Waals surface area contributed by atoms with E-state index < -0.39 is 57.7 Å². The highest BCUT2D eigenvalue weighted by molar-refractivity contribution is 5.99. The standard InChI is InChI=1S/C11H14O5.C11H14O3.2C10H12O4/c1-6(2)5-16-11(15)7-3-8(12)10(14)9(13)4-7;1-6(2)10(13)8-4-7(3)11(14)9(12)5-8;2*1-5(2)9(13)6-3-7(11)10(14)8(12)4-6/h3-4,6,12-14H,5H2,1-2H3;4-6,12,14H,1-3H3;2*3-5,11-12,14H,1-2H3. The summed E-state index contributed by atoms with van der Waals surface area (Å²) in [5.74, 6) is -6.80. The van der Waals surface area contributed by atoms with Crippen molar-refractivity contribution in [3.63, 3.8) is 0 Å². The summed E-state index contributed by atoms with van der Waals surface area (Å²) < 4.78 is 4.90. The summed E-state index contributed by atoms with van der Waals surface area (Å²) >= 11 is 0. The van der Waals surface area contributed by atoms with Crippen molar-refractivity contribution < 1.29 is 80.1 Å². The van der Waals surface area contributed by atoms with Crippen LogP contribution in [0.4, 0.5) is 0 Å². The van der Waals surface area contributed by atoms with E-state index in [0.29, 0.717) is 11.1 Å². The number of esters is 1. The summed E-state index contributed by atoms with van der Waals surface area (Å²) in [7, 11) is 0. The van der Waals surface area contributed by atoms with Gasteiger partial charge in [-0.05, 0) is 66.9 Å². The Morgan fingerprint density at radius 2 is 0.655 bits per heavy atom. The van der Waals surface area contributed by atoms with Crippen LogP contribution >= 0.6 is 0 Å². The Bertz CT molecular complexity index is 1830. The lowest BCUT2D eigenvalue weighted by Crippen LogP contribution is -2.10. The van der Waals surface area contributed by atoms with Gasteiger partial charge in [-0.2, -0.15) is 0 Å². The molecule has 4 aromatic rings. The van der Waals surface area contributed by atoms with E-state index in [-0.39, 0.29) is 75.8 Å². The molecular weight excluding hydrogens is 760 g/mol. The van der Waals surface area contributed by atoms with Crippen LogP contribution in [-0.2, 0) is 4.74 Å². The van der Waals surface area contributed by atoms with Crippen molar-refractivity contribution in [3.8, 4) is 63.2 Å². The van der Waals surface area contributed by atoms with E-state index in [1.165, 1.54) is 6.07 Å². The van der Waals surface area contributed by atoms with E-state index in [1.807, 2.05) is 13.8 Å². The van der Waals surface area contributed by atoms with Gasteiger partial charge >= 0.3 is 5.97 Å². The first-order chi connectivity index (χ1) is 26.7. The molecule has 0 aliphatic rings. The lowest BCUT2D eigenvalue weighted by molar-refractivity contribution is 0.0457. The zero-order valence-corrected chi connectivity index (χ0v) is 33.6. The van der Waals surface area contributed by atoms with Gasteiger partial charge in [0.15, 0.2) is 80.6 Å². The number of rotatable bonds is 9. The largest absolute Gasteiger partial charge is 0.504 e. The van der Waals surface area contributed by atoms with Crippen molar-refractivity contribution in [1.82, 2.24) is 0 Å². The summed E-state index contributed by atoms with van der Waals surface area (Å²) in [4.78, 5) is 45.9. The highest BCUT2D eigenvalue weighted by atomic mass is 16.5. The minimum atomic E-state index is -0.653. The molecule has 316 valence electrons. The highest BCUT2D eigenvalue weighted by Crippen LogP contribution is 2.38. The van der Waals surface area contributed by atoms with Crippen LogP contribution in [0, 0.1) is 30.6 Å². The first kappa shape index (κ1) is 49.2. The second-order valence-electron chi connectivity index (χ2n) is 14.3. The Labute approximate surface area is 335 Å². The third kappa shape index (κ3) is 14.0. The van der Waals surface area contributed by atoms with Crippen LogP contribution < -0.4 is 0 Å². The number of aromatic hydroxyl groups is 11. The van der Waals surface area contributed by atoms with Gasteiger partial charge in [-0.15, -0.1) is 0 Å². The molecule has 4 rings (SSSR count). The predicted octanol–water partition coefficient (Wildman–Crippen LogP) is 7.15. The molecule has 0 aliphatic heterocycles. The number of phenolic OH excluding ortho intramolecular Hbond substituents is 11. The van der Waals surface area contributed by atoms with Gasteiger partial charge in [0, 0.05) is 34.4 Å². The molecule has 0 aromatic heterocycles. The SMILES string of the molecule is CC(C)C(=O)c1cc(O)c(O)c(O)c1.CC(C)C(=O)c1cc(O)c(O)c(O)c1.CC(C)COC(=O)c1cc(O)c(O)c(O)c1.Cc1cc(C(=O)C(C)C)cc(O)c1O. The van der Waals surface area contributed by atoms with Crippen LogP contribution in [0.2, 0.25) is 0 Å². The number of phenols is 11. The van der Waals surface area contributed by atoms with Crippen molar-refractivity contribution >= 4 is 23.3 Å². The number of benzene rings is 4. The second kappa shape index (κ2) is 21.5. The topological polar surface area (TPSA) is 300 Å². The van der Waals surface area contributed by atoms with Gasteiger partial charge in [0.2, 0.25) is 0 Å². The number of carbonyl (C=O) groups excluding carboxylic acids is 4. The predicted molar refractivity (Wildman–Crippen MR) is 211 cm³/mol. The molecule has 16 heteroatoms. The monoisotopic (exact) mass is 812 g/mol. The molecule has 0 fully saturated rings. The van der Waals surface area contributed by atoms with Crippen molar-refractivity contribution in [2.75, 3.05) is 6.61 Å². The molecule has 0 heterocycles. The van der Waals surface area contributed by atoms with Gasteiger partial charge in [0.1, 0.15) is 0 Å². The highest BCUT2D eigenvalue weighted by Gasteiger charge is 2.18.